The second-order valence-corrected chi connectivity index (χ2v) is 7.73. The lowest BCUT2D eigenvalue weighted by Gasteiger charge is -2.35. The molecule has 2 aromatic heterocycles. The molecule has 0 unspecified atom stereocenters. The summed E-state index contributed by atoms with van der Waals surface area (Å²) in [7, 11) is 0. The SMILES string of the molecule is CC1(C)[C@H]2CC[C@]1(c1ccno1)c1nnc(-c3c(F)cccc3F)cc12. The summed E-state index contributed by atoms with van der Waals surface area (Å²) in [5.41, 5.74) is 1.41. The van der Waals surface area contributed by atoms with E-state index < -0.39 is 17.0 Å². The topological polar surface area (TPSA) is 51.8 Å². The average Bonchev–Trinajstić information content (AvgIpc) is 3.26. The molecule has 0 radical (unpaired) electrons. The number of benzene rings is 1. The summed E-state index contributed by atoms with van der Waals surface area (Å²) in [5.74, 6) is -0.257. The molecule has 2 bridgehead atoms. The second-order valence-electron chi connectivity index (χ2n) is 7.73. The largest absolute Gasteiger partial charge is 0.360 e. The van der Waals surface area contributed by atoms with Gasteiger partial charge in [0, 0.05) is 6.07 Å². The third-order valence-electron chi connectivity index (χ3n) is 6.46. The first-order valence-electron chi connectivity index (χ1n) is 8.70. The fraction of sp³-hybridized carbons (Fsp3) is 0.350. The Morgan fingerprint density at radius 1 is 1.12 bits per heavy atom. The molecule has 1 fully saturated rings. The molecule has 0 saturated heterocycles. The van der Waals surface area contributed by atoms with Crippen LogP contribution in [0.5, 0.6) is 0 Å². The van der Waals surface area contributed by atoms with Crippen LogP contribution in [0.25, 0.3) is 11.3 Å². The number of hydrogen-bond donors (Lipinski definition) is 0. The first kappa shape index (κ1) is 15.6. The molecular weight excluding hydrogens is 336 g/mol. The molecule has 5 rings (SSSR count). The van der Waals surface area contributed by atoms with E-state index in [0.717, 1.165) is 29.9 Å². The van der Waals surface area contributed by atoms with Crippen molar-refractivity contribution in [2.45, 2.75) is 38.0 Å². The van der Waals surface area contributed by atoms with E-state index in [0.29, 0.717) is 0 Å². The van der Waals surface area contributed by atoms with Crippen LogP contribution in [-0.4, -0.2) is 15.4 Å². The number of nitrogens with zero attached hydrogens (tertiary/aromatic N) is 3. The molecule has 26 heavy (non-hydrogen) atoms. The Morgan fingerprint density at radius 3 is 2.58 bits per heavy atom. The predicted molar refractivity (Wildman–Crippen MR) is 90.4 cm³/mol. The van der Waals surface area contributed by atoms with Gasteiger partial charge in [-0.15, -0.1) is 5.10 Å². The molecule has 0 N–H and O–H groups in total. The highest BCUT2D eigenvalue weighted by atomic mass is 19.1. The van der Waals surface area contributed by atoms with E-state index in [9.17, 15) is 8.78 Å². The molecule has 132 valence electrons. The van der Waals surface area contributed by atoms with Gasteiger partial charge >= 0.3 is 0 Å². The Balaban J connectivity index is 1.74. The number of hydrogen-bond acceptors (Lipinski definition) is 4. The van der Waals surface area contributed by atoms with Gasteiger partial charge < -0.3 is 4.52 Å². The number of rotatable bonds is 2. The molecule has 0 aliphatic heterocycles. The molecule has 2 heterocycles. The maximum absolute atomic E-state index is 14.2. The highest BCUT2D eigenvalue weighted by Gasteiger charge is 2.66. The van der Waals surface area contributed by atoms with E-state index in [2.05, 4.69) is 29.2 Å². The van der Waals surface area contributed by atoms with Crippen molar-refractivity contribution in [1.82, 2.24) is 15.4 Å². The molecule has 1 aromatic carbocycles. The summed E-state index contributed by atoms with van der Waals surface area (Å²) in [5, 5.41) is 12.5. The lowest BCUT2D eigenvalue weighted by molar-refractivity contribution is 0.197. The van der Waals surface area contributed by atoms with Crippen LogP contribution in [0.4, 0.5) is 8.78 Å². The highest BCUT2D eigenvalue weighted by molar-refractivity contribution is 5.63. The Bertz CT molecular complexity index is 996. The van der Waals surface area contributed by atoms with Gasteiger partial charge in [0.2, 0.25) is 0 Å². The summed E-state index contributed by atoms with van der Waals surface area (Å²) >= 11 is 0. The number of fused-ring (bicyclic) bond motifs is 5. The van der Waals surface area contributed by atoms with E-state index >= 15 is 0 Å². The third kappa shape index (κ3) is 1.69. The normalized spacial score (nSPS) is 25.5. The molecule has 1 saturated carbocycles. The van der Waals surface area contributed by atoms with Crippen molar-refractivity contribution in [2.24, 2.45) is 5.41 Å². The van der Waals surface area contributed by atoms with Gasteiger partial charge in [-0.1, -0.05) is 25.1 Å². The summed E-state index contributed by atoms with van der Waals surface area (Å²) in [6.45, 7) is 4.39. The molecular formula is C20H17F2N3O. The van der Waals surface area contributed by atoms with Crippen molar-refractivity contribution < 1.29 is 13.3 Å². The zero-order chi connectivity index (χ0) is 18.1. The van der Waals surface area contributed by atoms with E-state index in [4.69, 9.17) is 4.52 Å². The molecule has 6 heteroatoms. The standard InChI is InChI=1S/C20H17F2N3O/c1-19(2)12-6-8-20(19,16-7-9-23-26-16)18-11(12)10-15(24-25-18)17-13(21)4-3-5-14(17)22/h3-5,7,9-10,12H,6,8H2,1-2H3/t12-,20-/m0/s1. The van der Waals surface area contributed by atoms with Crippen molar-refractivity contribution in [3.63, 3.8) is 0 Å². The zero-order valence-electron chi connectivity index (χ0n) is 14.5. The maximum atomic E-state index is 14.2. The minimum absolute atomic E-state index is 0.128. The fourth-order valence-electron chi connectivity index (χ4n) is 5.17. The van der Waals surface area contributed by atoms with Gasteiger partial charge in [-0.3, -0.25) is 0 Å². The summed E-state index contributed by atoms with van der Waals surface area (Å²) in [6, 6.07) is 7.50. The minimum Gasteiger partial charge on any atom is -0.360 e. The van der Waals surface area contributed by atoms with Crippen LogP contribution in [0.1, 0.15) is 49.6 Å². The molecule has 0 spiro atoms. The molecule has 2 atom stereocenters. The molecule has 2 aliphatic rings. The van der Waals surface area contributed by atoms with Crippen LogP contribution in [0.2, 0.25) is 0 Å². The monoisotopic (exact) mass is 353 g/mol. The molecule has 3 aromatic rings. The predicted octanol–water partition coefficient (Wildman–Crippen LogP) is 4.61. The second kappa shape index (κ2) is 4.96. The first-order chi connectivity index (χ1) is 12.5. The van der Waals surface area contributed by atoms with Crippen molar-refractivity contribution in [1.29, 1.82) is 0 Å². The Kier molecular flexibility index (Phi) is 2.98. The van der Waals surface area contributed by atoms with E-state index in [1.54, 1.807) is 12.3 Å². The maximum Gasteiger partial charge on any atom is 0.149 e. The average molecular weight is 353 g/mol. The van der Waals surface area contributed by atoms with Gasteiger partial charge in [0.25, 0.3) is 0 Å². The van der Waals surface area contributed by atoms with Crippen molar-refractivity contribution in [3.05, 3.63) is 65.2 Å². The van der Waals surface area contributed by atoms with Crippen molar-refractivity contribution >= 4 is 0 Å². The summed E-state index contributed by atoms with van der Waals surface area (Å²) < 4.78 is 33.9. The Labute approximate surface area is 149 Å². The molecule has 0 amide bonds. The van der Waals surface area contributed by atoms with Crippen LogP contribution < -0.4 is 0 Å². The van der Waals surface area contributed by atoms with Crippen LogP contribution in [-0.2, 0) is 5.41 Å². The minimum atomic E-state index is -0.633. The lowest BCUT2D eigenvalue weighted by Crippen LogP contribution is -2.36. The van der Waals surface area contributed by atoms with E-state index in [-0.39, 0.29) is 22.6 Å². The van der Waals surface area contributed by atoms with Crippen molar-refractivity contribution in [2.75, 3.05) is 0 Å². The molecule has 2 aliphatic carbocycles. The number of aromatic nitrogens is 3. The quantitative estimate of drug-likeness (QED) is 0.675. The van der Waals surface area contributed by atoms with E-state index in [1.165, 1.54) is 18.2 Å². The zero-order valence-corrected chi connectivity index (χ0v) is 14.5. The number of halogens is 2. The van der Waals surface area contributed by atoms with E-state index in [1.807, 2.05) is 6.07 Å². The van der Waals surface area contributed by atoms with Gasteiger partial charge in [-0.05, 0) is 47.9 Å². The highest BCUT2D eigenvalue weighted by Crippen LogP contribution is 2.69. The Morgan fingerprint density at radius 2 is 1.88 bits per heavy atom. The van der Waals surface area contributed by atoms with Crippen molar-refractivity contribution in [3.8, 4) is 11.3 Å². The van der Waals surface area contributed by atoms with Crippen LogP contribution in [0.15, 0.2) is 41.1 Å². The Hall–Kier alpha value is -2.63. The van der Waals surface area contributed by atoms with Gasteiger partial charge in [-0.25, -0.2) is 8.78 Å². The summed E-state index contributed by atoms with van der Waals surface area (Å²) in [6.07, 6.45) is 3.50. The summed E-state index contributed by atoms with van der Waals surface area (Å²) in [4.78, 5) is 0. The molecule has 4 nitrogen and oxygen atoms in total. The third-order valence-corrected chi connectivity index (χ3v) is 6.46. The van der Waals surface area contributed by atoms with Gasteiger partial charge in [0.15, 0.2) is 0 Å². The first-order valence-corrected chi connectivity index (χ1v) is 8.70. The smallest absolute Gasteiger partial charge is 0.149 e. The van der Waals surface area contributed by atoms with Crippen LogP contribution >= 0.6 is 0 Å². The van der Waals surface area contributed by atoms with Gasteiger partial charge in [0.05, 0.1) is 28.6 Å². The fourth-order valence-corrected chi connectivity index (χ4v) is 5.17. The van der Waals surface area contributed by atoms with Gasteiger partial charge in [0.1, 0.15) is 17.4 Å². The van der Waals surface area contributed by atoms with Crippen LogP contribution in [0.3, 0.4) is 0 Å². The van der Waals surface area contributed by atoms with Crippen LogP contribution in [0, 0.1) is 17.0 Å². The lowest BCUT2D eigenvalue weighted by atomic mass is 9.67. The van der Waals surface area contributed by atoms with Gasteiger partial charge in [-0.2, -0.15) is 5.10 Å².